The topological polar surface area (TPSA) is 156 Å². The zero-order valence-electron chi connectivity index (χ0n) is 21.3. The van der Waals surface area contributed by atoms with E-state index in [1.54, 1.807) is 32.1 Å². The van der Waals surface area contributed by atoms with E-state index < -0.39 is 61.6 Å². The maximum Gasteiger partial charge on any atom is 0.312 e. The first-order valence-electron chi connectivity index (χ1n) is 11.4. The van der Waals surface area contributed by atoms with Crippen LogP contribution in [0.2, 0.25) is 0 Å². The SMILES string of the molecule is COC(=O)C[C@@H]1C(C(=O)OC)C(S(=O)(=O)c2ccc([N+](=O)[O-])cc2)C[C@@H]1/C(C)=C\C=C\[C@@H](C)C(=O)OC. The summed E-state index contributed by atoms with van der Waals surface area (Å²) in [5, 5.41) is 9.74. The molecule has 202 valence electrons. The van der Waals surface area contributed by atoms with E-state index in [2.05, 4.69) is 0 Å². The third-order valence-electron chi connectivity index (χ3n) is 6.66. The summed E-state index contributed by atoms with van der Waals surface area (Å²) in [7, 11) is -0.540. The maximum atomic E-state index is 13.6. The molecule has 0 aliphatic heterocycles. The van der Waals surface area contributed by atoms with E-state index in [1.165, 1.54) is 14.2 Å². The minimum atomic E-state index is -4.16. The van der Waals surface area contributed by atoms with Gasteiger partial charge in [0.25, 0.3) is 5.69 Å². The molecule has 37 heavy (non-hydrogen) atoms. The number of allylic oxidation sites excluding steroid dienone is 3. The molecule has 1 aromatic carbocycles. The van der Waals surface area contributed by atoms with Crippen molar-refractivity contribution in [1.82, 2.24) is 0 Å². The molecule has 1 saturated carbocycles. The molecule has 0 bridgehead atoms. The van der Waals surface area contributed by atoms with E-state index in [4.69, 9.17) is 14.2 Å². The number of ether oxygens (including phenoxy) is 3. The molecule has 0 aromatic heterocycles. The summed E-state index contributed by atoms with van der Waals surface area (Å²) in [6, 6.07) is 4.42. The lowest BCUT2D eigenvalue weighted by Gasteiger charge is -2.24. The van der Waals surface area contributed by atoms with Crippen LogP contribution in [-0.2, 0) is 38.4 Å². The second kappa shape index (κ2) is 12.6. The minimum absolute atomic E-state index is 0.00345. The molecular formula is C25H31NO10S. The maximum absolute atomic E-state index is 13.6. The van der Waals surface area contributed by atoms with Crippen molar-refractivity contribution < 1.29 is 41.9 Å². The van der Waals surface area contributed by atoms with Gasteiger partial charge in [0.2, 0.25) is 0 Å². The van der Waals surface area contributed by atoms with Crippen LogP contribution in [0.25, 0.3) is 0 Å². The van der Waals surface area contributed by atoms with Crippen LogP contribution in [0.5, 0.6) is 0 Å². The first kappa shape index (κ1) is 29.7. The predicted octanol–water partition coefficient (Wildman–Crippen LogP) is 3.04. The molecule has 2 unspecified atom stereocenters. The van der Waals surface area contributed by atoms with Crippen LogP contribution < -0.4 is 0 Å². The fourth-order valence-corrected chi connectivity index (χ4v) is 6.67. The van der Waals surface area contributed by atoms with Crippen LogP contribution in [0.3, 0.4) is 0 Å². The number of sulfone groups is 1. The predicted molar refractivity (Wildman–Crippen MR) is 132 cm³/mol. The van der Waals surface area contributed by atoms with Crippen molar-refractivity contribution in [2.45, 2.75) is 36.8 Å². The van der Waals surface area contributed by atoms with E-state index in [9.17, 15) is 32.9 Å². The third kappa shape index (κ3) is 6.82. The number of methoxy groups -OCH3 is 3. The molecular weight excluding hydrogens is 506 g/mol. The van der Waals surface area contributed by atoms with Gasteiger partial charge in [0, 0.05) is 18.6 Å². The summed E-state index contributed by atoms with van der Waals surface area (Å²) in [5.74, 6) is -4.78. The quantitative estimate of drug-likeness (QED) is 0.143. The summed E-state index contributed by atoms with van der Waals surface area (Å²) in [6.45, 7) is 3.40. The van der Waals surface area contributed by atoms with Crippen molar-refractivity contribution in [3.8, 4) is 0 Å². The Morgan fingerprint density at radius 2 is 1.73 bits per heavy atom. The fraction of sp³-hybridized carbons (Fsp3) is 0.480. The monoisotopic (exact) mass is 537 g/mol. The van der Waals surface area contributed by atoms with Gasteiger partial charge in [-0.05, 0) is 44.2 Å². The zero-order valence-corrected chi connectivity index (χ0v) is 22.1. The molecule has 0 amide bonds. The van der Waals surface area contributed by atoms with Gasteiger partial charge in [-0.2, -0.15) is 0 Å². The number of benzene rings is 1. The van der Waals surface area contributed by atoms with E-state index in [0.29, 0.717) is 5.57 Å². The minimum Gasteiger partial charge on any atom is -0.469 e. The Bertz CT molecular complexity index is 1190. The van der Waals surface area contributed by atoms with Crippen molar-refractivity contribution in [3.05, 3.63) is 58.2 Å². The standard InChI is InChI=1S/C25H31NO10S/c1-15(7-6-8-16(2)24(28)35-4)19-13-21(23(25(29)36-5)20(19)14-22(27)34-3)37(32,33)18-11-9-17(10-12-18)26(30)31/h6-12,16,19-21,23H,13-14H2,1-5H3/b8-6+,15-7-/t16-,19-,20+,21?,23?/m1/s1. The molecule has 0 saturated heterocycles. The van der Waals surface area contributed by atoms with E-state index in [1.807, 2.05) is 0 Å². The van der Waals surface area contributed by atoms with Gasteiger partial charge in [0.05, 0.1) is 48.2 Å². The summed E-state index contributed by atoms with van der Waals surface area (Å²) in [6.07, 6.45) is 4.73. The molecule has 1 fully saturated rings. The van der Waals surface area contributed by atoms with Gasteiger partial charge in [0.15, 0.2) is 9.84 Å². The van der Waals surface area contributed by atoms with Gasteiger partial charge in [-0.3, -0.25) is 24.5 Å². The van der Waals surface area contributed by atoms with E-state index >= 15 is 0 Å². The molecule has 1 aliphatic rings. The van der Waals surface area contributed by atoms with Crippen LogP contribution in [0.4, 0.5) is 5.69 Å². The molecule has 2 rings (SSSR count). The lowest BCUT2D eigenvalue weighted by atomic mass is 9.82. The highest BCUT2D eigenvalue weighted by Crippen LogP contribution is 2.48. The van der Waals surface area contributed by atoms with Crippen molar-refractivity contribution in [2.24, 2.45) is 23.7 Å². The normalized spacial score (nSPS) is 22.9. The summed E-state index contributed by atoms with van der Waals surface area (Å²) >= 11 is 0. The van der Waals surface area contributed by atoms with Gasteiger partial charge in [-0.1, -0.05) is 23.8 Å². The third-order valence-corrected chi connectivity index (χ3v) is 8.87. The Hall–Kier alpha value is -3.54. The van der Waals surface area contributed by atoms with Gasteiger partial charge < -0.3 is 14.2 Å². The second-order valence-corrected chi connectivity index (χ2v) is 10.9. The van der Waals surface area contributed by atoms with Gasteiger partial charge in [0.1, 0.15) is 0 Å². The van der Waals surface area contributed by atoms with Crippen molar-refractivity contribution in [3.63, 3.8) is 0 Å². The van der Waals surface area contributed by atoms with Crippen LogP contribution >= 0.6 is 0 Å². The number of esters is 3. The molecule has 5 atom stereocenters. The highest BCUT2D eigenvalue weighted by molar-refractivity contribution is 7.92. The fourth-order valence-electron chi connectivity index (χ4n) is 4.64. The number of hydrogen-bond donors (Lipinski definition) is 0. The number of nitro benzene ring substituents is 1. The lowest BCUT2D eigenvalue weighted by Crippen LogP contribution is -2.36. The Balaban J connectivity index is 2.54. The summed E-state index contributed by atoms with van der Waals surface area (Å²) < 4.78 is 41.7. The van der Waals surface area contributed by atoms with Crippen molar-refractivity contribution in [2.75, 3.05) is 21.3 Å². The lowest BCUT2D eigenvalue weighted by molar-refractivity contribution is -0.384. The number of non-ortho nitro benzene ring substituents is 1. The molecule has 0 N–H and O–H groups in total. The van der Waals surface area contributed by atoms with Crippen molar-refractivity contribution in [1.29, 1.82) is 0 Å². The first-order valence-corrected chi connectivity index (χ1v) is 13.0. The molecule has 0 radical (unpaired) electrons. The smallest absolute Gasteiger partial charge is 0.312 e. The highest BCUT2D eigenvalue weighted by atomic mass is 32.2. The number of carbonyl (C=O) groups excluding carboxylic acids is 3. The van der Waals surface area contributed by atoms with Gasteiger partial charge in [-0.25, -0.2) is 8.42 Å². The average Bonchev–Trinajstić information content (AvgIpc) is 3.27. The highest BCUT2D eigenvalue weighted by Gasteiger charge is 2.54. The molecule has 0 heterocycles. The number of hydrogen-bond acceptors (Lipinski definition) is 10. The number of nitrogens with zero attached hydrogens (tertiary/aromatic N) is 1. The van der Waals surface area contributed by atoms with Gasteiger partial charge in [-0.15, -0.1) is 0 Å². The first-order chi connectivity index (χ1) is 17.4. The van der Waals surface area contributed by atoms with Crippen LogP contribution in [0.1, 0.15) is 26.7 Å². The summed E-state index contributed by atoms with van der Waals surface area (Å²) in [5.41, 5.74) is 0.417. The molecule has 11 nitrogen and oxygen atoms in total. The Kier molecular flexibility index (Phi) is 10.1. The van der Waals surface area contributed by atoms with Crippen LogP contribution in [0, 0.1) is 33.8 Å². The Morgan fingerprint density at radius 3 is 2.24 bits per heavy atom. The van der Waals surface area contributed by atoms with E-state index in [0.717, 1.165) is 31.4 Å². The summed E-state index contributed by atoms with van der Waals surface area (Å²) in [4.78, 5) is 47.0. The second-order valence-electron chi connectivity index (χ2n) is 8.78. The molecule has 1 aromatic rings. The Morgan fingerprint density at radius 1 is 1.11 bits per heavy atom. The zero-order chi connectivity index (χ0) is 27.9. The molecule has 0 spiro atoms. The Labute approximate surface area is 215 Å². The van der Waals surface area contributed by atoms with E-state index in [-0.39, 0.29) is 23.4 Å². The molecule has 12 heteroatoms. The number of nitro groups is 1. The average molecular weight is 538 g/mol. The van der Waals surface area contributed by atoms with Crippen LogP contribution in [-0.4, -0.2) is 57.8 Å². The number of rotatable bonds is 10. The van der Waals surface area contributed by atoms with Crippen molar-refractivity contribution >= 4 is 33.4 Å². The largest absolute Gasteiger partial charge is 0.469 e. The van der Waals surface area contributed by atoms with Gasteiger partial charge >= 0.3 is 17.9 Å². The van der Waals surface area contributed by atoms with Crippen LogP contribution in [0.15, 0.2) is 53.0 Å². The molecule has 1 aliphatic carbocycles. The number of carbonyl (C=O) groups is 3.